The molecule has 0 bridgehead atoms. The Morgan fingerprint density at radius 3 is 2.33 bits per heavy atom. The molecule has 2 aliphatic rings. The molecule has 2 amide bonds. The minimum Gasteiger partial charge on any atom is -0.341 e. The van der Waals surface area contributed by atoms with Gasteiger partial charge in [0.1, 0.15) is 0 Å². The minimum atomic E-state index is -0.304. The number of hydrogen-bond acceptors (Lipinski definition) is 3. The molecule has 0 radical (unpaired) electrons. The van der Waals surface area contributed by atoms with Crippen LogP contribution in [0.3, 0.4) is 0 Å². The first-order chi connectivity index (χ1) is 8.50. The molecule has 1 saturated carbocycles. The van der Waals surface area contributed by atoms with E-state index in [9.17, 15) is 9.59 Å². The van der Waals surface area contributed by atoms with E-state index in [4.69, 9.17) is 5.73 Å². The van der Waals surface area contributed by atoms with Crippen LogP contribution < -0.4 is 5.73 Å². The summed E-state index contributed by atoms with van der Waals surface area (Å²) in [6.07, 6.45) is 5.49. The lowest BCUT2D eigenvalue weighted by atomic mass is 9.75. The predicted octanol–water partition coefficient (Wildman–Crippen LogP) is 0.339. The topological polar surface area (TPSA) is 66.6 Å². The van der Waals surface area contributed by atoms with E-state index >= 15 is 0 Å². The van der Waals surface area contributed by atoms with Crippen LogP contribution in [-0.2, 0) is 9.59 Å². The highest BCUT2D eigenvalue weighted by Crippen LogP contribution is 2.32. The summed E-state index contributed by atoms with van der Waals surface area (Å²) in [5.41, 5.74) is 5.75. The largest absolute Gasteiger partial charge is 0.341 e. The molecular formula is C13H23N3O2. The fourth-order valence-corrected chi connectivity index (χ4v) is 2.60. The van der Waals surface area contributed by atoms with Gasteiger partial charge < -0.3 is 15.5 Å². The second-order valence-electron chi connectivity index (χ2n) is 5.73. The fraction of sp³-hybridized carbons (Fsp3) is 0.846. The van der Waals surface area contributed by atoms with Crippen molar-refractivity contribution < 1.29 is 9.59 Å². The molecule has 0 atom stereocenters. The first-order valence-electron chi connectivity index (χ1n) is 6.81. The van der Waals surface area contributed by atoms with Crippen LogP contribution in [0.5, 0.6) is 0 Å². The van der Waals surface area contributed by atoms with Crippen molar-refractivity contribution in [2.75, 3.05) is 26.7 Å². The molecule has 5 nitrogen and oxygen atoms in total. The zero-order valence-corrected chi connectivity index (χ0v) is 11.2. The summed E-state index contributed by atoms with van der Waals surface area (Å²) in [7, 11) is 1.69. The van der Waals surface area contributed by atoms with Gasteiger partial charge in [0, 0.05) is 32.1 Å². The van der Waals surface area contributed by atoms with Gasteiger partial charge in [0.15, 0.2) is 0 Å². The molecule has 2 fully saturated rings. The molecule has 0 aromatic rings. The van der Waals surface area contributed by atoms with Gasteiger partial charge in [0.2, 0.25) is 11.8 Å². The van der Waals surface area contributed by atoms with E-state index in [1.807, 2.05) is 4.90 Å². The van der Waals surface area contributed by atoms with E-state index < -0.39 is 0 Å². The van der Waals surface area contributed by atoms with E-state index in [1.165, 1.54) is 4.90 Å². The van der Waals surface area contributed by atoms with Crippen molar-refractivity contribution in [1.82, 2.24) is 9.80 Å². The highest BCUT2D eigenvalue weighted by molar-refractivity contribution is 5.85. The van der Waals surface area contributed by atoms with Crippen molar-refractivity contribution >= 4 is 11.8 Å². The number of nitrogens with two attached hydrogens (primary N) is 1. The van der Waals surface area contributed by atoms with Crippen LogP contribution in [0.25, 0.3) is 0 Å². The van der Waals surface area contributed by atoms with Crippen molar-refractivity contribution in [2.45, 2.75) is 44.1 Å². The van der Waals surface area contributed by atoms with E-state index in [-0.39, 0.29) is 23.9 Å². The summed E-state index contributed by atoms with van der Waals surface area (Å²) in [5.74, 6) is 0.0489. The van der Waals surface area contributed by atoms with Gasteiger partial charge in [-0.25, -0.2) is 0 Å². The Kier molecular flexibility index (Phi) is 3.90. The van der Waals surface area contributed by atoms with E-state index in [2.05, 4.69) is 0 Å². The number of rotatable bonds is 4. The lowest BCUT2D eigenvalue weighted by Crippen LogP contribution is -2.51. The standard InChI is InChI=1S/C13H23N3O2/c1-15(10-12(18)16-7-2-3-8-16)11(17)9-13(14)5-4-6-13/h2-10,14H2,1H3. The van der Waals surface area contributed by atoms with Gasteiger partial charge in [-0.2, -0.15) is 0 Å². The number of carbonyl (C=O) groups is 2. The Bertz CT molecular complexity index is 333. The van der Waals surface area contributed by atoms with Gasteiger partial charge in [-0.15, -0.1) is 0 Å². The first-order valence-corrected chi connectivity index (χ1v) is 6.81. The fourth-order valence-electron chi connectivity index (χ4n) is 2.60. The van der Waals surface area contributed by atoms with Gasteiger partial charge in [-0.05, 0) is 32.1 Å². The molecular weight excluding hydrogens is 230 g/mol. The molecule has 2 rings (SSSR count). The second kappa shape index (κ2) is 5.26. The molecule has 2 N–H and O–H groups in total. The van der Waals surface area contributed by atoms with Gasteiger partial charge in [-0.1, -0.05) is 0 Å². The van der Waals surface area contributed by atoms with Crippen LogP contribution in [0.2, 0.25) is 0 Å². The van der Waals surface area contributed by atoms with Crippen LogP contribution >= 0.6 is 0 Å². The summed E-state index contributed by atoms with van der Waals surface area (Å²) >= 11 is 0. The van der Waals surface area contributed by atoms with Gasteiger partial charge >= 0.3 is 0 Å². The summed E-state index contributed by atoms with van der Waals surface area (Å²) in [6.45, 7) is 1.86. The zero-order chi connectivity index (χ0) is 13.2. The van der Waals surface area contributed by atoms with Crippen molar-refractivity contribution in [1.29, 1.82) is 0 Å². The monoisotopic (exact) mass is 253 g/mol. The lowest BCUT2D eigenvalue weighted by Gasteiger charge is -2.38. The maximum Gasteiger partial charge on any atom is 0.242 e. The van der Waals surface area contributed by atoms with E-state index in [1.54, 1.807) is 7.05 Å². The molecule has 102 valence electrons. The number of carbonyl (C=O) groups excluding carboxylic acids is 2. The maximum absolute atomic E-state index is 12.0. The normalized spacial score (nSPS) is 21.6. The number of likely N-dealkylation sites (tertiary alicyclic amines) is 1. The average molecular weight is 253 g/mol. The molecule has 18 heavy (non-hydrogen) atoms. The third-order valence-electron chi connectivity index (χ3n) is 4.11. The summed E-state index contributed by atoms with van der Waals surface area (Å²) in [5, 5.41) is 0. The van der Waals surface area contributed by atoms with Gasteiger partial charge in [-0.3, -0.25) is 9.59 Å². The Morgan fingerprint density at radius 2 is 1.83 bits per heavy atom. The molecule has 0 spiro atoms. The molecule has 0 aromatic heterocycles. The predicted molar refractivity (Wildman–Crippen MR) is 68.8 cm³/mol. The van der Waals surface area contributed by atoms with Gasteiger partial charge in [0.25, 0.3) is 0 Å². The third-order valence-corrected chi connectivity index (χ3v) is 4.11. The quantitative estimate of drug-likeness (QED) is 0.785. The van der Waals surface area contributed by atoms with Crippen molar-refractivity contribution in [2.24, 2.45) is 5.73 Å². The van der Waals surface area contributed by atoms with E-state index in [0.717, 1.165) is 45.2 Å². The number of amides is 2. The highest BCUT2D eigenvalue weighted by atomic mass is 16.2. The number of hydrogen-bond donors (Lipinski definition) is 1. The molecule has 1 aliphatic carbocycles. The second-order valence-corrected chi connectivity index (χ2v) is 5.73. The minimum absolute atomic E-state index is 0.00949. The Labute approximate surface area is 108 Å². The summed E-state index contributed by atoms with van der Waals surface area (Å²) < 4.78 is 0. The SMILES string of the molecule is CN(CC(=O)N1CCCC1)C(=O)CC1(N)CCC1. The van der Waals surface area contributed by atoms with Crippen LogP contribution in [0, 0.1) is 0 Å². The van der Waals surface area contributed by atoms with Crippen molar-refractivity contribution in [3.63, 3.8) is 0 Å². The molecule has 1 aliphatic heterocycles. The molecule has 0 aromatic carbocycles. The Balaban J connectivity index is 1.77. The van der Waals surface area contributed by atoms with Crippen LogP contribution in [-0.4, -0.2) is 53.8 Å². The van der Waals surface area contributed by atoms with E-state index in [0.29, 0.717) is 6.42 Å². The molecule has 1 heterocycles. The number of likely N-dealkylation sites (N-methyl/N-ethyl adjacent to an activating group) is 1. The van der Waals surface area contributed by atoms with Gasteiger partial charge in [0.05, 0.1) is 6.54 Å². The van der Waals surface area contributed by atoms with Crippen molar-refractivity contribution in [3.8, 4) is 0 Å². The Morgan fingerprint density at radius 1 is 1.22 bits per heavy atom. The maximum atomic E-state index is 12.0. The lowest BCUT2D eigenvalue weighted by molar-refractivity contribution is -0.139. The number of nitrogens with zero attached hydrogens (tertiary/aromatic N) is 2. The van der Waals surface area contributed by atoms with Crippen molar-refractivity contribution in [3.05, 3.63) is 0 Å². The molecule has 5 heteroatoms. The van der Waals surface area contributed by atoms with Crippen LogP contribution in [0.1, 0.15) is 38.5 Å². The smallest absolute Gasteiger partial charge is 0.242 e. The summed E-state index contributed by atoms with van der Waals surface area (Å²) in [6, 6.07) is 0. The molecule has 0 unspecified atom stereocenters. The van der Waals surface area contributed by atoms with Crippen LogP contribution in [0.4, 0.5) is 0 Å². The zero-order valence-electron chi connectivity index (χ0n) is 11.2. The highest BCUT2D eigenvalue weighted by Gasteiger charge is 2.35. The average Bonchev–Trinajstić information content (AvgIpc) is 2.80. The van der Waals surface area contributed by atoms with Crippen LogP contribution in [0.15, 0.2) is 0 Å². The third kappa shape index (κ3) is 3.02. The first kappa shape index (κ1) is 13.3. The Hall–Kier alpha value is -1.10. The molecule has 1 saturated heterocycles. The summed E-state index contributed by atoms with van der Waals surface area (Å²) in [4.78, 5) is 27.2.